The van der Waals surface area contributed by atoms with E-state index in [2.05, 4.69) is 4.99 Å². The van der Waals surface area contributed by atoms with E-state index in [0.717, 1.165) is 0 Å². The zero-order chi connectivity index (χ0) is 9.64. The van der Waals surface area contributed by atoms with Crippen molar-refractivity contribution in [3.05, 3.63) is 0 Å². The first-order valence-corrected chi connectivity index (χ1v) is 3.28. The topological polar surface area (TPSA) is 120 Å². The largest absolute Gasteiger partial charge is 0.349 e. The van der Waals surface area contributed by atoms with Crippen LogP contribution in [0.1, 0.15) is 0 Å². The lowest BCUT2D eigenvalue weighted by Gasteiger charge is -2.28. The molecule has 0 saturated carbocycles. The van der Waals surface area contributed by atoms with Gasteiger partial charge in [0, 0.05) is 0 Å². The van der Waals surface area contributed by atoms with E-state index in [0.29, 0.717) is 0 Å². The molecular formula is C5H4N4O4. The Labute approximate surface area is 71.0 Å². The van der Waals surface area contributed by atoms with Crippen LogP contribution in [0.5, 0.6) is 0 Å². The zero-order valence-electron chi connectivity index (χ0n) is 6.12. The average molecular weight is 184 g/mol. The lowest BCUT2D eigenvalue weighted by atomic mass is 10.2. The molecule has 2 aliphatic heterocycles. The minimum atomic E-state index is -2.16. The number of amides is 5. The standard InChI is InChI=1S/C5H4N4O4/c10-2-1-5(13,8-3(11)6-1)9-4(12)7-2/h13H,(H,8,11)(H2,7,9,10,12). The first-order valence-electron chi connectivity index (χ1n) is 3.28. The number of aliphatic hydroxyl groups is 1. The fourth-order valence-electron chi connectivity index (χ4n) is 1.09. The number of imide groups is 1. The lowest BCUT2D eigenvalue weighted by Crippen LogP contribution is -2.71. The van der Waals surface area contributed by atoms with Gasteiger partial charge in [-0.3, -0.25) is 20.7 Å². The van der Waals surface area contributed by atoms with Gasteiger partial charge in [0.25, 0.3) is 11.8 Å². The van der Waals surface area contributed by atoms with Gasteiger partial charge in [0.15, 0.2) is 5.71 Å². The summed E-state index contributed by atoms with van der Waals surface area (Å²) in [6, 6.07) is -1.77. The van der Waals surface area contributed by atoms with Gasteiger partial charge in [-0.05, 0) is 0 Å². The maximum Gasteiger partial charge on any atom is 0.345 e. The molecule has 1 saturated heterocycles. The molecule has 5 amide bonds. The minimum Gasteiger partial charge on any atom is -0.349 e. The maximum atomic E-state index is 11.0. The van der Waals surface area contributed by atoms with Gasteiger partial charge in [-0.25, -0.2) is 9.59 Å². The van der Waals surface area contributed by atoms with Crippen LogP contribution in [-0.4, -0.2) is 34.6 Å². The Kier molecular flexibility index (Phi) is 1.21. The fourth-order valence-corrected chi connectivity index (χ4v) is 1.09. The summed E-state index contributed by atoms with van der Waals surface area (Å²) >= 11 is 0. The summed E-state index contributed by atoms with van der Waals surface area (Å²) in [7, 11) is 0. The molecule has 2 aliphatic rings. The van der Waals surface area contributed by atoms with Crippen LogP contribution in [0.2, 0.25) is 0 Å². The average Bonchev–Trinajstić information content (AvgIpc) is 2.23. The molecule has 68 valence electrons. The molecule has 1 unspecified atom stereocenters. The molecule has 8 nitrogen and oxygen atoms in total. The lowest BCUT2D eigenvalue weighted by molar-refractivity contribution is -0.115. The second kappa shape index (κ2) is 2.04. The first kappa shape index (κ1) is 7.68. The van der Waals surface area contributed by atoms with Crippen LogP contribution in [0.15, 0.2) is 4.99 Å². The van der Waals surface area contributed by atoms with E-state index in [9.17, 15) is 19.5 Å². The summed E-state index contributed by atoms with van der Waals surface area (Å²) < 4.78 is 0. The molecule has 4 N–H and O–H groups in total. The van der Waals surface area contributed by atoms with Gasteiger partial charge < -0.3 is 5.11 Å². The second-order valence-electron chi connectivity index (χ2n) is 2.51. The molecule has 8 heteroatoms. The SMILES string of the molecule is O=C1N=C2C(=O)NC(=O)NC2(O)N1. The summed E-state index contributed by atoms with van der Waals surface area (Å²) in [5.74, 6) is -3.05. The second-order valence-corrected chi connectivity index (χ2v) is 2.51. The van der Waals surface area contributed by atoms with Crippen molar-refractivity contribution in [3.8, 4) is 0 Å². The number of aliphatic imine (C=N–C) groups is 1. The number of carbonyl (C=O) groups is 3. The quantitative estimate of drug-likeness (QED) is 0.336. The van der Waals surface area contributed by atoms with Crippen molar-refractivity contribution in [2.24, 2.45) is 4.99 Å². The number of fused-ring (bicyclic) bond motifs is 1. The fraction of sp³-hybridized carbons (Fsp3) is 0.200. The highest BCUT2D eigenvalue weighted by Crippen LogP contribution is 2.10. The van der Waals surface area contributed by atoms with Crippen molar-refractivity contribution in [1.82, 2.24) is 16.0 Å². The Bertz CT molecular complexity index is 362. The Hall–Kier alpha value is -1.96. The van der Waals surface area contributed by atoms with E-state index in [4.69, 9.17) is 0 Å². The third-order valence-electron chi connectivity index (χ3n) is 1.58. The smallest absolute Gasteiger partial charge is 0.345 e. The highest BCUT2D eigenvalue weighted by Gasteiger charge is 2.49. The molecule has 1 atom stereocenters. The summed E-state index contributed by atoms with van der Waals surface area (Å²) in [5.41, 5.74) is -0.461. The van der Waals surface area contributed by atoms with Crippen LogP contribution in [0, 0.1) is 0 Å². The summed E-state index contributed by atoms with van der Waals surface area (Å²) in [5, 5.41) is 15.1. The molecule has 0 aromatic rings. The third-order valence-corrected chi connectivity index (χ3v) is 1.58. The predicted octanol–water partition coefficient (Wildman–Crippen LogP) is -2.36. The van der Waals surface area contributed by atoms with Gasteiger partial charge in [-0.1, -0.05) is 0 Å². The minimum absolute atomic E-state index is 0.461. The third kappa shape index (κ3) is 0.957. The number of nitrogens with one attached hydrogen (secondary N) is 3. The van der Waals surface area contributed by atoms with Crippen LogP contribution >= 0.6 is 0 Å². The number of hydrogen-bond donors (Lipinski definition) is 4. The van der Waals surface area contributed by atoms with Gasteiger partial charge in [0.1, 0.15) is 0 Å². The van der Waals surface area contributed by atoms with Crippen molar-refractivity contribution in [2.45, 2.75) is 5.85 Å². The molecule has 0 aromatic heterocycles. The van der Waals surface area contributed by atoms with Gasteiger partial charge in [0.2, 0.25) is 0 Å². The van der Waals surface area contributed by atoms with Gasteiger partial charge in [0.05, 0.1) is 0 Å². The van der Waals surface area contributed by atoms with Crippen molar-refractivity contribution < 1.29 is 19.5 Å². The van der Waals surface area contributed by atoms with Crippen LogP contribution in [0.3, 0.4) is 0 Å². The van der Waals surface area contributed by atoms with E-state index < -0.39 is 29.5 Å². The van der Waals surface area contributed by atoms with Crippen molar-refractivity contribution in [3.63, 3.8) is 0 Å². The molecule has 2 rings (SSSR count). The molecule has 0 bridgehead atoms. The van der Waals surface area contributed by atoms with Crippen LogP contribution in [-0.2, 0) is 4.79 Å². The van der Waals surface area contributed by atoms with Gasteiger partial charge in [-0.15, -0.1) is 0 Å². The Balaban J connectivity index is 2.44. The molecule has 2 heterocycles. The Morgan fingerprint density at radius 2 is 1.92 bits per heavy atom. The van der Waals surface area contributed by atoms with Crippen molar-refractivity contribution in [1.29, 1.82) is 0 Å². The monoisotopic (exact) mass is 184 g/mol. The first-order chi connectivity index (χ1) is 6.01. The van der Waals surface area contributed by atoms with Crippen LogP contribution < -0.4 is 16.0 Å². The van der Waals surface area contributed by atoms with Gasteiger partial charge in [-0.2, -0.15) is 4.99 Å². The van der Waals surface area contributed by atoms with Gasteiger partial charge >= 0.3 is 12.1 Å². The Morgan fingerprint density at radius 3 is 2.62 bits per heavy atom. The summed E-state index contributed by atoms with van der Waals surface area (Å²) in [6.45, 7) is 0. The molecule has 0 aliphatic carbocycles. The summed E-state index contributed by atoms with van der Waals surface area (Å²) in [4.78, 5) is 35.6. The number of rotatable bonds is 0. The van der Waals surface area contributed by atoms with Crippen molar-refractivity contribution >= 4 is 23.7 Å². The molecular weight excluding hydrogens is 180 g/mol. The molecule has 0 radical (unpaired) electrons. The number of urea groups is 2. The molecule has 0 aromatic carbocycles. The van der Waals surface area contributed by atoms with E-state index in [-0.39, 0.29) is 0 Å². The van der Waals surface area contributed by atoms with E-state index in [1.807, 2.05) is 16.0 Å². The van der Waals surface area contributed by atoms with E-state index >= 15 is 0 Å². The highest BCUT2D eigenvalue weighted by molar-refractivity contribution is 6.48. The van der Waals surface area contributed by atoms with E-state index in [1.54, 1.807) is 0 Å². The predicted molar refractivity (Wildman–Crippen MR) is 37.6 cm³/mol. The molecule has 1 fully saturated rings. The normalized spacial score (nSPS) is 31.5. The van der Waals surface area contributed by atoms with E-state index in [1.165, 1.54) is 0 Å². The van der Waals surface area contributed by atoms with Crippen LogP contribution in [0.25, 0.3) is 0 Å². The van der Waals surface area contributed by atoms with Crippen molar-refractivity contribution in [2.75, 3.05) is 0 Å². The highest BCUT2D eigenvalue weighted by atomic mass is 16.3. The maximum absolute atomic E-state index is 11.0. The van der Waals surface area contributed by atoms with Crippen LogP contribution in [0.4, 0.5) is 9.59 Å². The number of hydrogen-bond acceptors (Lipinski definition) is 4. The number of carbonyl (C=O) groups excluding carboxylic acids is 3. The Morgan fingerprint density at radius 1 is 1.23 bits per heavy atom. The number of nitrogens with zero attached hydrogens (tertiary/aromatic N) is 1. The zero-order valence-corrected chi connectivity index (χ0v) is 6.12. The summed E-state index contributed by atoms with van der Waals surface area (Å²) in [6.07, 6.45) is 0. The molecule has 13 heavy (non-hydrogen) atoms. The molecule has 0 spiro atoms.